The van der Waals surface area contributed by atoms with Gasteiger partial charge < -0.3 is 0 Å². The Balaban J connectivity index is 1.98. The van der Waals surface area contributed by atoms with Gasteiger partial charge in [-0.15, -0.1) is 11.8 Å². The van der Waals surface area contributed by atoms with Gasteiger partial charge in [-0.25, -0.2) is 0 Å². The van der Waals surface area contributed by atoms with E-state index in [0.29, 0.717) is 11.2 Å². The zero-order valence-corrected chi connectivity index (χ0v) is 14.2. The molecule has 0 saturated carbocycles. The third kappa shape index (κ3) is 2.42. The van der Waals surface area contributed by atoms with Crippen molar-refractivity contribution in [3.63, 3.8) is 0 Å². The van der Waals surface area contributed by atoms with Gasteiger partial charge in [0.2, 0.25) is 0 Å². The van der Waals surface area contributed by atoms with Gasteiger partial charge in [-0.2, -0.15) is 0 Å². The highest BCUT2D eigenvalue weighted by Gasteiger charge is 2.45. The van der Waals surface area contributed by atoms with Crippen molar-refractivity contribution in [2.24, 2.45) is 0 Å². The van der Waals surface area contributed by atoms with E-state index >= 15 is 0 Å². The summed E-state index contributed by atoms with van der Waals surface area (Å²) in [6, 6.07) is 18.1. The van der Waals surface area contributed by atoms with Gasteiger partial charge in [0, 0.05) is 15.6 Å². The minimum atomic E-state index is 0.269. The Hall–Kier alpha value is -1.21. The van der Waals surface area contributed by atoms with Gasteiger partial charge in [0.1, 0.15) is 0 Å². The number of hydrogen-bond acceptors (Lipinski definition) is 1. The van der Waals surface area contributed by atoms with E-state index in [4.69, 9.17) is 0 Å². The van der Waals surface area contributed by atoms with Crippen LogP contribution in [0.2, 0.25) is 0 Å². The summed E-state index contributed by atoms with van der Waals surface area (Å²) in [6.07, 6.45) is 1.19. The van der Waals surface area contributed by atoms with Gasteiger partial charge in [0.15, 0.2) is 0 Å². The summed E-state index contributed by atoms with van der Waals surface area (Å²) in [5, 5.41) is 0.614. The van der Waals surface area contributed by atoms with Crippen molar-refractivity contribution >= 4 is 11.8 Å². The molecule has 21 heavy (non-hydrogen) atoms. The number of aryl methyl sites for hydroxylation is 1. The van der Waals surface area contributed by atoms with E-state index in [2.05, 4.69) is 88.0 Å². The fourth-order valence-corrected chi connectivity index (χ4v) is 5.33. The molecule has 0 fully saturated rings. The quantitative estimate of drug-likeness (QED) is 0.675. The van der Waals surface area contributed by atoms with Crippen LogP contribution in [0.4, 0.5) is 0 Å². The predicted molar refractivity (Wildman–Crippen MR) is 93.3 cm³/mol. The Labute approximate surface area is 133 Å². The minimum Gasteiger partial charge on any atom is -0.121 e. The van der Waals surface area contributed by atoms with Gasteiger partial charge in [-0.1, -0.05) is 68.8 Å². The van der Waals surface area contributed by atoms with Crippen LogP contribution in [0.5, 0.6) is 0 Å². The second-order valence-electron chi connectivity index (χ2n) is 6.50. The zero-order valence-electron chi connectivity index (χ0n) is 13.4. The summed E-state index contributed by atoms with van der Waals surface area (Å²) in [6.45, 7) is 9.33. The maximum absolute atomic E-state index is 2.45. The maximum atomic E-state index is 2.45. The van der Waals surface area contributed by atoms with E-state index in [1.807, 2.05) is 0 Å². The van der Waals surface area contributed by atoms with Gasteiger partial charge in [0.25, 0.3) is 0 Å². The standard InChI is InChI=1S/C20H24S/c1-5-20(4)17-8-6-7-9-18(17)21-19(20)15(3)16-12-10-14(2)11-13-16/h6-13,15,19H,5H2,1-4H3. The van der Waals surface area contributed by atoms with Crippen molar-refractivity contribution < 1.29 is 0 Å². The highest BCUT2D eigenvalue weighted by Crippen LogP contribution is 2.55. The van der Waals surface area contributed by atoms with Crippen LogP contribution >= 0.6 is 11.8 Å². The second-order valence-corrected chi connectivity index (χ2v) is 7.69. The van der Waals surface area contributed by atoms with Crippen LogP contribution in [0.15, 0.2) is 53.4 Å². The third-order valence-corrected chi connectivity index (χ3v) is 6.97. The lowest BCUT2D eigenvalue weighted by atomic mass is 9.72. The molecule has 0 spiro atoms. The van der Waals surface area contributed by atoms with Crippen molar-refractivity contribution in [3.8, 4) is 0 Å². The molecule has 2 aromatic rings. The molecule has 0 aliphatic carbocycles. The number of rotatable bonds is 3. The predicted octanol–water partition coefficient (Wildman–Crippen LogP) is 5.94. The average Bonchev–Trinajstić information content (AvgIpc) is 2.82. The largest absolute Gasteiger partial charge is 0.121 e. The van der Waals surface area contributed by atoms with Crippen molar-refractivity contribution in [2.45, 2.75) is 55.6 Å². The lowest BCUT2D eigenvalue weighted by molar-refractivity contribution is 0.408. The first-order valence-corrected chi connectivity index (χ1v) is 8.77. The highest BCUT2D eigenvalue weighted by atomic mass is 32.2. The maximum Gasteiger partial charge on any atom is 0.0255 e. The summed E-state index contributed by atoms with van der Waals surface area (Å²) >= 11 is 2.07. The number of thioether (sulfide) groups is 1. The fraction of sp³-hybridized carbons (Fsp3) is 0.400. The molecule has 110 valence electrons. The van der Waals surface area contributed by atoms with Crippen molar-refractivity contribution in [3.05, 3.63) is 65.2 Å². The first kappa shape index (κ1) is 14.7. The van der Waals surface area contributed by atoms with Crippen molar-refractivity contribution in [1.82, 2.24) is 0 Å². The molecule has 0 aromatic heterocycles. The molecule has 0 nitrogen and oxygen atoms in total. The first-order chi connectivity index (χ1) is 10.1. The summed E-state index contributed by atoms with van der Waals surface area (Å²) < 4.78 is 0. The van der Waals surface area contributed by atoms with Crippen LogP contribution in [0, 0.1) is 6.92 Å². The molecule has 0 N–H and O–H groups in total. The van der Waals surface area contributed by atoms with Gasteiger partial charge in [0.05, 0.1) is 0 Å². The van der Waals surface area contributed by atoms with Gasteiger partial charge in [-0.3, -0.25) is 0 Å². The molecule has 0 saturated heterocycles. The summed E-state index contributed by atoms with van der Waals surface area (Å²) in [5.41, 5.74) is 4.62. The van der Waals surface area contributed by atoms with E-state index in [1.54, 1.807) is 5.56 Å². The SMILES string of the molecule is CCC1(C)c2ccccc2SC1C(C)c1ccc(C)cc1. The summed E-state index contributed by atoms with van der Waals surface area (Å²) in [7, 11) is 0. The number of hydrogen-bond donors (Lipinski definition) is 0. The lowest BCUT2D eigenvalue weighted by Crippen LogP contribution is -2.33. The van der Waals surface area contributed by atoms with Crippen molar-refractivity contribution in [2.75, 3.05) is 0 Å². The summed E-state index contributed by atoms with van der Waals surface area (Å²) in [5.74, 6) is 0.563. The topological polar surface area (TPSA) is 0 Å². The fourth-order valence-electron chi connectivity index (χ4n) is 3.55. The van der Waals surface area contributed by atoms with Crippen LogP contribution in [-0.2, 0) is 5.41 Å². The molecule has 1 heterocycles. The molecule has 3 atom stereocenters. The lowest BCUT2D eigenvalue weighted by Gasteiger charge is -2.35. The normalized spacial score (nSPS) is 25.6. The van der Waals surface area contributed by atoms with Crippen LogP contribution in [-0.4, -0.2) is 5.25 Å². The highest BCUT2D eigenvalue weighted by molar-refractivity contribution is 8.00. The minimum absolute atomic E-state index is 0.269. The molecular formula is C20H24S. The monoisotopic (exact) mass is 296 g/mol. The molecule has 0 amide bonds. The molecule has 0 bridgehead atoms. The first-order valence-electron chi connectivity index (χ1n) is 7.89. The molecule has 3 unspecified atom stereocenters. The molecule has 1 aliphatic heterocycles. The molecular weight excluding hydrogens is 272 g/mol. The van der Waals surface area contributed by atoms with Crippen molar-refractivity contribution in [1.29, 1.82) is 0 Å². The van der Waals surface area contributed by atoms with Crippen LogP contribution in [0.25, 0.3) is 0 Å². The number of fused-ring (bicyclic) bond motifs is 1. The van der Waals surface area contributed by atoms with Gasteiger partial charge in [-0.05, 0) is 36.5 Å². The van der Waals surface area contributed by atoms with Gasteiger partial charge >= 0.3 is 0 Å². The van der Waals surface area contributed by atoms with E-state index in [-0.39, 0.29) is 5.41 Å². The Morgan fingerprint density at radius 2 is 1.76 bits per heavy atom. The second kappa shape index (κ2) is 5.53. The molecule has 3 rings (SSSR count). The van der Waals surface area contributed by atoms with E-state index < -0.39 is 0 Å². The average molecular weight is 296 g/mol. The van der Waals surface area contributed by atoms with E-state index in [0.717, 1.165) is 0 Å². The van der Waals surface area contributed by atoms with Crippen LogP contribution in [0.1, 0.15) is 49.8 Å². The smallest absolute Gasteiger partial charge is 0.0255 e. The summed E-state index contributed by atoms with van der Waals surface area (Å²) in [4.78, 5) is 1.48. The zero-order chi connectivity index (χ0) is 15.0. The van der Waals surface area contributed by atoms with E-state index in [9.17, 15) is 0 Å². The number of benzene rings is 2. The van der Waals surface area contributed by atoms with Crippen LogP contribution < -0.4 is 0 Å². The Morgan fingerprint density at radius 3 is 2.43 bits per heavy atom. The Morgan fingerprint density at radius 1 is 1.10 bits per heavy atom. The molecule has 2 aromatic carbocycles. The van der Waals surface area contributed by atoms with E-state index in [1.165, 1.54) is 22.4 Å². The third-order valence-electron chi connectivity index (χ3n) is 5.18. The molecule has 1 aliphatic rings. The Bertz CT molecular complexity index is 629. The molecule has 1 heteroatoms. The Kier molecular flexibility index (Phi) is 3.88. The van der Waals surface area contributed by atoms with Crippen LogP contribution in [0.3, 0.4) is 0 Å². The molecule has 0 radical (unpaired) electrons.